The Balaban J connectivity index is 1.52. The van der Waals surface area contributed by atoms with Crippen LogP contribution in [-0.2, 0) is 36.7 Å². The first-order valence-corrected chi connectivity index (χ1v) is 11.7. The van der Waals surface area contributed by atoms with E-state index in [0.29, 0.717) is 29.4 Å². The first-order valence-electron chi connectivity index (χ1n) is 11.7. The first kappa shape index (κ1) is 24.8. The van der Waals surface area contributed by atoms with Crippen molar-refractivity contribution in [2.75, 3.05) is 13.1 Å². The van der Waals surface area contributed by atoms with Crippen LogP contribution in [-0.4, -0.2) is 33.9 Å². The molecule has 1 saturated heterocycles. The summed E-state index contributed by atoms with van der Waals surface area (Å²) in [4.78, 5) is 23.9. The number of aromatic nitrogens is 3. The Kier molecular flexibility index (Phi) is 7.75. The number of nitrogens with one attached hydrogen (secondary N) is 1. The number of hydrogen-bond acceptors (Lipinski definition) is 5. The third-order valence-corrected chi connectivity index (χ3v) is 6.32. The molecule has 4 rings (SSSR count). The number of piperidine rings is 1. The van der Waals surface area contributed by atoms with Crippen LogP contribution in [0.3, 0.4) is 0 Å². The molecule has 0 bridgehead atoms. The molecule has 1 aliphatic heterocycles. The Morgan fingerprint density at radius 3 is 2.43 bits per heavy atom. The molecule has 184 valence electrons. The van der Waals surface area contributed by atoms with Gasteiger partial charge in [0, 0.05) is 24.5 Å². The van der Waals surface area contributed by atoms with E-state index < -0.39 is 17.6 Å². The van der Waals surface area contributed by atoms with Crippen molar-refractivity contribution in [3.05, 3.63) is 88.3 Å². The molecule has 3 N–H and O–H groups in total. The second-order valence-electron chi connectivity index (χ2n) is 8.84. The number of rotatable bonds is 8. The summed E-state index contributed by atoms with van der Waals surface area (Å²) in [7, 11) is 0. The minimum absolute atomic E-state index is 0.0157. The van der Waals surface area contributed by atoms with Gasteiger partial charge in [0.2, 0.25) is 5.91 Å². The molecule has 1 aromatic carbocycles. The number of pyridine rings is 1. The fourth-order valence-corrected chi connectivity index (χ4v) is 4.50. The number of nitrogens with two attached hydrogens (primary N) is 1. The van der Waals surface area contributed by atoms with E-state index in [1.165, 1.54) is 5.56 Å². The number of halogens is 3. The third-order valence-electron chi connectivity index (χ3n) is 6.32. The summed E-state index contributed by atoms with van der Waals surface area (Å²) in [6, 6.07) is 11.6. The van der Waals surface area contributed by atoms with E-state index in [0.717, 1.165) is 37.7 Å². The zero-order valence-corrected chi connectivity index (χ0v) is 19.3. The van der Waals surface area contributed by atoms with Crippen molar-refractivity contribution >= 4 is 5.91 Å². The summed E-state index contributed by atoms with van der Waals surface area (Å²) in [5.74, 6) is 0.344. The third kappa shape index (κ3) is 6.63. The standard InChI is InChI=1S/C26H28F3N5O/c27-26(28,29)21-16-33-25(14-17-3-5-18(6-4-17)19-9-12-31-13-10-19)34-23(21)8-7-22-20(15-24(30)35)2-1-11-32-22/h1-6,11,16,19,31H,7-10,12-15H2,(H2,30,35). The summed E-state index contributed by atoms with van der Waals surface area (Å²) >= 11 is 0. The molecular formula is C26H28F3N5O. The van der Waals surface area contributed by atoms with Crippen molar-refractivity contribution in [2.24, 2.45) is 5.73 Å². The van der Waals surface area contributed by atoms with Gasteiger partial charge in [-0.25, -0.2) is 9.97 Å². The van der Waals surface area contributed by atoms with Crippen molar-refractivity contribution in [1.82, 2.24) is 20.3 Å². The number of nitrogens with zero attached hydrogens (tertiary/aromatic N) is 3. The van der Waals surface area contributed by atoms with Crippen molar-refractivity contribution in [3.8, 4) is 0 Å². The Morgan fingerprint density at radius 1 is 1.03 bits per heavy atom. The van der Waals surface area contributed by atoms with Crippen LogP contribution in [0.1, 0.15) is 58.2 Å². The van der Waals surface area contributed by atoms with Gasteiger partial charge < -0.3 is 11.1 Å². The van der Waals surface area contributed by atoms with E-state index in [4.69, 9.17) is 5.73 Å². The molecule has 0 spiro atoms. The average molecular weight is 484 g/mol. The molecule has 6 nitrogen and oxygen atoms in total. The molecular weight excluding hydrogens is 455 g/mol. The molecule has 1 fully saturated rings. The Hall–Kier alpha value is -3.33. The largest absolute Gasteiger partial charge is 0.419 e. The second-order valence-corrected chi connectivity index (χ2v) is 8.84. The van der Waals surface area contributed by atoms with Gasteiger partial charge in [0.15, 0.2) is 0 Å². The maximum absolute atomic E-state index is 13.6. The monoisotopic (exact) mass is 483 g/mol. The van der Waals surface area contributed by atoms with Crippen molar-refractivity contribution < 1.29 is 18.0 Å². The highest BCUT2D eigenvalue weighted by atomic mass is 19.4. The van der Waals surface area contributed by atoms with Crippen molar-refractivity contribution in [2.45, 2.75) is 50.6 Å². The maximum atomic E-state index is 13.6. The summed E-state index contributed by atoms with van der Waals surface area (Å²) < 4.78 is 40.9. The van der Waals surface area contributed by atoms with E-state index >= 15 is 0 Å². The lowest BCUT2D eigenvalue weighted by Crippen LogP contribution is -2.26. The molecule has 0 aliphatic carbocycles. The van der Waals surface area contributed by atoms with Gasteiger partial charge in [-0.15, -0.1) is 0 Å². The molecule has 3 aromatic rings. The number of carbonyl (C=O) groups excluding carboxylic acids is 1. The van der Waals surface area contributed by atoms with Crippen LogP contribution in [0.25, 0.3) is 0 Å². The summed E-state index contributed by atoms with van der Waals surface area (Å²) in [6.45, 7) is 2.02. The van der Waals surface area contributed by atoms with E-state index in [1.54, 1.807) is 18.3 Å². The predicted octanol–water partition coefficient (Wildman–Crippen LogP) is 3.76. The minimum atomic E-state index is -4.56. The molecule has 1 aliphatic rings. The van der Waals surface area contributed by atoms with Gasteiger partial charge in [0.1, 0.15) is 5.82 Å². The summed E-state index contributed by atoms with van der Waals surface area (Å²) in [5.41, 5.74) is 7.73. The average Bonchev–Trinajstić information content (AvgIpc) is 2.83. The smallest absolute Gasteiger partial charge is 0.369 e. The molecule has 35 heavy (non-hydrogen) atoms. The van der Waals surface area contributed by atoms with Crippen LogP contribution < -0.4 is 11.1 Å². The lowest BCUT2D eigenvalue weighted by Gasteiger charge is -2.23. The van der Waals surface area contributed by atoms with E-state index in [-0.39, 0.29) is 25.0 Å². The van der Waals surface area contributed by atoms with Crippen LogP contribution in [0, 0.1) is 0 Å². The molecule has 0 atom stereocenters. The van der Waals surface area contributed by atoms with Gasteiger partial charge in [0.25, 0.3) is 0 Å². The highest BCUT2D eigenvalue weighted by molar-refractivity contribution is 5.76. The molecule has 0 unspecified atom stereocenters. The number of amides is 1. The molecule has 9 heteroatoms. The molecule has 3 heterocycles. The Labute approximate surface area is 202 Å². The lowest BCUT2D eigenvalue weighted by atomic mass is 9.89. The molecule has 0 radical (unpaired) electrons. The van der Waals surface area contributed by atoms with Crippen LogP contribution >= 0.6 is 0 Å². The highest BCUT2D eigenvalue weighted by Gasteiger charge is 2.34. The van der Waals surface area contributed by atoms with E-state index in [9.17, 15) is 18.0 Å². The van der Waals surface area contributed by atoms with Gasteiger partial charge >= 0.3 is 6.18 Å². The maximum Gasteiger partial charge on any atom is 0.419 e. The van der Waals surface area contributed by atoms with E-state index in [1.807, 2.05) is 12.1 Å². The van der Waals surface area contributed by atoms with Crippen LogP contribution in [0.15, 0.2) is 48.8 Å². The van der Waals surface area contributed by atoms with Gasteiger partial charge in [-0.2, -0.15) is 13.2 Å². The Morgan fingerprint density at radius 2 is 1.74 bits per heavy atom. The quantitative estimate of drug-likeness (QED) is 0.509. The van der Waals surface area contributed by atoms with Gasteiger partial charge in [-0.1, -0.05) is 30.3 Å². The SMILES string of the molecule is NC(=O)Cc1cccnc1CCc1nc(Cc2ccc(C3CCNCC3)cc2)ncc1C(F)(F)F. The van der Waals surface area contributed by atoms with Crippen LogP contribution in [0.4, 0.5) is 13.2 Å². The number of aryl methyl sites for hydroxylation is 2. The second kappa shape index (κ2) is 10.9. The number of alkyl halides is 3. The van der Waals surface area contributed by atoms with Gasteiger partial charge in [-0.3, -0.25) is 9.78 Å². The zero-order valence-electron chi connectivity index (χ0n) is 19.3. The topological polar surface area (TPSA) is 93.8 Å². The Bertz CT molecular complexity index is 1160. The first-order chi connectivity index (χ1) is 16.8. The number of benzene rings is 1. The fraction of sp³-hybridized carbons (Fsp3) is 0.385. The van der Waals surface area contributed by atoms with Crippen molar-refractivity contribution in [1.29, 1.82) is 0 Å². The predicted molar refractivity (Wildman–Crippen MR) is 126 cm³/mol. The highest BCUT2D eigenvalue weighted by Crippen LogP contribution is 2.32. The molecule has 0 saturated carbocycles. The molecule has 2 aromatic heterocycles. The normalized spacial score (nSPS) is 14.7. The molecule has 1 amide bonds. The number of hydrogen-bond donors (Lipinski definition) is 2. The van der Waals surface area contributed by atoms with Gasteiger partial charge in [0.05, 0.1) is 17.7 Å². The zero-order chi connectivity index (χ0) is 24.8. The van der Waals surface area contributed by atoms with Gasteiger partial charge in [-0.05, 0) is 67.4 Å². The van der Waals surface area contributed by atoms with E-state index in [2.05, 4.69) is 32.4 Å². The minimum Gasteiger partial charge on any atom is -0.369 e. The van der Waals surface area contributed by atoms with Crippen molar-refractivity contribution in [3.63, 3.8) is 0 Å². The number of carbonyl (C=O) groups is 1. The lowest BCUT2D eigenvalue weighted by molar-refractivity contribution is -0.138. The summed E-state index contributed by atoms with van der Waals surface area (Å²) in [5, 5.41) is 3.36. The number of primary amides is 1. The van der Waals surface area contributed by atoms with Crippen LogP contribution in [0.2, 0.25) is 0 Å². The summed E-state index contributed by atoms with van der Waals surface area (Å²) in [6.07, 6.45) is 0.587. The fourth-order valence-electron chi connectivity index (χ4n) is 4.50. The van der Waals surface area contributed by atoms with Crippen LogP contribution in [0.5, 0.6) is 0 Å².